The summed E-state index contributed by atoms with van der Waals surface area (Å²) in [5, 5.41) is 9.76. The van der Waals surface area contributed by atoms with E-state index in [0.29, 0.717) is 24.8 Å². The van der Waals surface area contributed by atoms with Crippen LogP contribution in [0.25, 0.3) is 0 Å². The predicted octanol–water partition coefficient (Wildman–Crippen LogP) is 4.89. The lowest BCUT2D eigenvalue weighted by Gasteiger charge is -2.59. The van der Waals surface area contributed by atoms with Crippen LogP contribution in [0, 0.1) is 28.6 Å². The third-order valence-corrected chi connectivity index (χ3v) is 9.18. The summed E-state index contributed by atoms with van der Waals surface area (Å²) in [6.45, 7) is 3.74. The van der Waals surface area contributed by atoms with Gasteiger partial charge in [0.2, 0.25) is 5.78 Å². The van der Waals surface area contributed by atoms with Crippen LogP contribution in [0.15, 0.2) is 57.5 Å². The second kappa shape index (κ2) is 9.41. The van der Waals surface area contributed by atoms with Gasteiger partial charge in [-0.2, -0.15) is 0 Å². The van der Waals surface area contributed by atoms with Gasteiger partial charge in [-0.25, -0.2) is 4.79 Å². The molecule has 9 nitrogen and oxygen atoms in total. The second-order valence-electron chi connectivity index (χ2n) is 10.7. The van der Waals surface area contributed by atoms with Gasteiger partial charge in [-0.05, 0) is 76.4 Å². The van der Waals surface area contributed by atoms with Crippen LogP contribution in [0.1, 0.15) is 55.1 Å². The van der Waals surface area contributed by atoms with E-state index in [0.717, 1.165) is 0 Å². The van der Waals surface area contributed by atoms with Crippen LogP contribution in [0.5, 0.6) is 5.75 Å². The molecule has 0 spiro atoms. The van der Waals surface area contributed by atoms with E-state index < -0.39 is 58.4 Å². The first-order chi connectivity index (χ1) is 18.0. The maximum absolute atomic E-state index is 14.2. The topological polar surface area (TPSA) is 129 Å². The van der Waals surface area contributed by atoms with Crippen molar-refractivity contribution < 1.29 is 42.9 Å². The highest BCUT2D eigenvalue weighted by Crippen LogP contribution is 2.64. The average Bonchev–Trinajstić information content (AvgIpc) is 3.41. The Bertz CT molecular complexity index is 1350. The molecule has 38 heavy (non-hydrogen) atoms. The van der Waals surface area contributed by atoms with Gasteiger partial charge in [0.05, 0.1) is 41.5 Å². The largest absolute Gasteiger partial charge is 0.507 e. The summed E-state index contributed by atoms with van der Waals surface area (Å²) in [5.74, 6) is -4.86. The number of benzene rings is 1. The fraction of sp³-hybridized carbons (Fsp3) is 0.429. The molecule has 6 atom stereocenters. The van der Waals surface area contributed by atoms with Crippen molar-refractivity contribution in [1.82, 2.24) is 0 Å². The fourth-order valence-corrected chi connectivity index (χ4v) is 7.06. The minimum Gasteiger partial charge on any atom is -0.507 e. The number of rotatable bonds is 4. The van der Waals surface area contributed by atoms with Gasteiger partial charge in [-0.15, -0.1) is 0 Å². The van der Waals surface area contributed by atoms with Crippen LogP contribution >= 0.6 is 15.9 Å². The van der Waals surface area contributed by atoms with Crippen molar-refractivity contribution in [3.05, 3.63) is 64.2 Å². The molecule has 3 aliphatic rings. The number of halogens is 1. The number of furan rings is 1. The number of allylic oxidation sites excluding steroid dienone is 1. The molecule has 2 aliphatic carbocycles. The zero-order valence-electron chi connectivity index (χ0n) is 21.1. The molecule has 2 fully saturated rings. The number of phenolic OH excluding ortho intramolecular Hbond substituents is 1. The van der Waals surface area contributed by atoms with Gasteiger partial charge in [-0.3, -0.25) is 14.4 Å². The number of carbonyl (C=O) groups is 4. The van der Waals surface area contributed by atoms with Gasteiger partial charge >= 0.3 is 17.9 Å². The third-order valence-electron chi connectivity index (χ3n) is 8.54. The standard InChI is InChI=1S/C28H27BrO9/c1-27-8-6-16-26(34)38-21(15-7-9-36-13-15)12-28(16,2)23(27)22(31)20(11-17(27)25(33)35-3)37-24(32)14-4-5-19(30)18(29)10-14/h4-5,7,9-11,13,16-17,21,23,30H,6,8,12H2,1-3H3. The molecule has 10 heteroatoms. The molecule has 0 amide bonds. The van der Waals surface area contributed by atoms with Gasteiger partial charge in [0.1, 0.15) is 11.9 Å². The van der Waals surface area contributed by atoms with E-state index in [-0.39, 0.29) is 21.5 Å². The predicted molar refractivity (Wildman–Crippen MR) is 134 cm³/mol. The van der Waals surface area contributed by atoms with Crippen LogP contribution < -0.4 is 0 Å². The van der Waals surface area contributed by atoms with E-state index in [1.165, 1.54) is 43.9 Å². The van der Waals surface area contributed by atoms with Crippen molar-refractivity contribution in [3.8, 4) is 5.75 Å². The molecule has 1 saturated carbocycles. The van der Waals surface area contributed by atoms with Crippen LogP contribution in [0.3, 0.4) is 0 Å². The molecule has 2 aromatic rings. The first-order valence-corrected chi connectivity index (χ1v) is 13.1. The number of carbonyl (C=O) groups excluding carboxylic acids is 4. The van der Waals surface area contributed by atoms with E-state index in [4.69, 9.17) is 18.6 Å². The number of hydrogen-bond donors (Lipinski definition) is 1. The SMILES string of the molecule is COC(=O)C1C=C(OC(=O)c2ccc(O)c(Br)c2)C(=O)C2C1(C)CCC1C(=O)OC(c3ccoc3)CC12C. The monoisotopic (exact) mass is 586 g/mol. The highest BCUT2D eigenvalue weighted by Gasteiger charge is 2.66. The van der Waals surface area contributed by atoms with E-state index in [1.807, 2.05) is 13.8 Å². The Balaban J connectivity index is 1.56. The van der Waals surface area contributed by atoms with Crippen molar-refractivity contribution >= 4 is 39.6 Å². The summed E-state index contributed by atoms with van der Waals surface area (Å²) in [6.07, 6.45) is 4.91. The lowest BCUT2D eigenvalue weighted by molar-refractivity contribution is -0.197. The van der Waals surface area contributed by atoms with Crippen LogP contribution in [-0.4, -0.2) is 35.9 Å². The number of ether oxygens (including phenoxy) is 3. The molecule has 0 radical (unpaired) electrons. The van der Waals surface area contributed by atoms with Crippen molar-refractivity contribution in [3.63, 3.8) is 0 Å². The van der Waals surface area contributed by atoms with E-state index in [1.54, 1.807) is 6.07 Å². The maximum Gasteiger partial charge on any atom is 0.343 e. The normalized spacial score (nSPS) is 32.4. The number of methoxy groups -OCH3 is 1. The Morgan fingerprint density at radius 1 is 1.16 bits per heavy atom. The molecule has 1 aromatic heterocycles. The zero-order valence-corrected chi connectivity index (χ0v) is 22.6. The van der Waals surface area contributed by atoms with E-state index in [2.05, 4.69) is 15.9 Å². The summed E-state index contributed by atoms with van der Waals surface area (Å²) < 4.78 is 21.9. The molecule has 1 saturated heterocycles. The molecule has 5 rings (SSSR count). The van der Waals surface area contributed by atoms with Crippen molar-refractivity contribution in [1.29, 1.82) is 0 Å². The molecule has 2 heterocycles. The maximum atomic E-state index is 14.2. The Labute approximate surface area is 227 Å². The summed E-state index contributed by atoms with van der Waals surface area (Å²) >= 11 is 3.16. The van der Waals surface area contributed by atoms with E-state index >= 15 is 0 Å². The molecule has 0 bridgehead atoms. The average molecular weight is 587 g/mol. The lowest BCUT2D eigenvalue weighted by atomic mass is 9.44. The summed E-state index contributed by atoms with van der Waals surface area (Å²) in [4.78, 5) is 53.4. The molecule has 1 aromatic carbocycles. The third kappa shape index (κ3) is 4.05. The molecular weight excluding hydrogens is 560 g/mol. The Kier molecular flexibility index (Phi) is 6.49. The molecule has 1 aliphatic heterocycles. The van der Waals surface area contributed by atoms with Crippen molar-refractivity contribution in [2.75, 3.05) is 7.11 Å². The second-order valence-corrected chi connectivity index (χ2v) is 11.5. The number of Topliss-reactive ketones (excluding diaryl/α,β-unsaturated/α-hetero) is 1. The highest BCUT2D eigenvalue weighted by atomic mass is 79.9. The van der Waals surface area contributed by atoms with Gasteiger partial charge in [0, 0.05) is 11.5 Å². The number of esters is 3. The zero-order chi connectivity index (χ0) is 27.4. The fourth-order valence-electron chi connectivity index (χ4n) is 6.68. The summed E-state index contributed by atoms with van der Waals surface area (Å²) in [5.41, 5.74) is -1.01. The minimum atomic E-state index is -0.902. The number of hydrogen-bond acceptors (Lipinski definition) is 9. The van der Waals surface area contributed by atoms with Crippen LogP contribution in [-0.2, 0) is 28.6 Å². The number of cyclic esters (lactones) is 1. The number of phenols is 1. The van der Waals surface area contributed by atoms with E-state index in [9.17, 15) is 24.3 Å². The summed E-state index contributed by atoms with van der Waals surface area (Å²) in [6, 6.07) is 5.77. The molecule has 200 valence electrons. The highest BCUT2D eigenvalue weighted by molar-refractivity contribution is 9.10. The quantitative estimate of drug-likeness (QED) is 0.393. The smallest absolute Gasteiger partial charge is 0.343 e. The molecule has 1 N–H and O–H groups in total. The molecule has 6 unspecified atom stereocenters. The van der Waals surface area contributed by atoms with Crippen molar-refractivity contribution in [2.24, 2.45) is 28.6 Å². The Hall–Kier alpha value is -3.40. The van der Waals surface area contributed by atoms with Crippen LogP contribution in [0.2, 0.25) is 0 Å². The lowest BCUT2D eigenvalue weighted by Crippen LogP contribution is -2.61. The van der Waals surface area contributed by atoms with Gasteiger partial charge in [-0.1, -0.05) is 13.8 Å². The van der Waals surface area contributed by atoms with Crippen LogP contribution in [0.4, 0.5) is 0 Å². The van der Waals surface area contributed by atoms with Gasteiger partial charge in [0.25, 0.3) is 0 Å². The summed E-state index contributed by atoms with van der Waals surface area (Å²) in [7, 11) is 1.27. The minimum absolute atomic E-state index is 0.0615. The first kappa shape index (κ1) is 26.2. The Morgan fingerprint density at radius 2 is 1.92 bits per heavy atom. The number of aromatic hydroxyl groups is 1. The van der Waals surface area contributed by atoms with Gasteiger partial charge < -0.3 is 23.7 Å². The number of ketones is 1. The van der Waals surface area contributed by atoms with Crippen molar-refractivity contribution in [2.45, 2.75) is 39.2 Å². The first-order valence-electron chi connectivity index (χ1n) is 12.3. The Morgan fingerprint density at radius 3 is 2.58 bits per heavy atom. The molecular formula is C28H27BrO9. The number of fused-ring (bicyclic) bond motifs is 3. The van der Waals surface area contributed by atoms with Gasteiger partial charge in [0.15, 0.2) is 5.76 Å².